The maximum Gasteiger partial charge on any atom is 0.316 e. The van der Waals surface area contributed by atoms with Crippen LogP contribution < -0.4 is 5.32 Å². The molecular formula is C13H16FNO3S. The van der Waals surface area contributed by atoms with Crippen molar-refractivity contribution < 1.29 is 19.1 Å². The molecule has 1 rings (SSSR count). The lowest BCUT2D eigenvalue weighted by Gasteiger charge is -2.14. The molecule has 0 saturated heterocycles. The Balaban J connectivity index is 2.44. The molecule has 2 N–H and O–H groups in total. The molecule has 6 heteroatoms. The number of benzene rings is 1. The molecule has 0 heterocycles. The second-order valence-electron chi connectivity index (χ2n) is 4.13. The van der Waals surface area contributed by atoms with Gasteiger partial charge >= 0.3 is 5.97 Å². The van der Waals surface area contributed by atoms with Crippen molar-refractivity contribution >= 4 is 23.6 Å². The minimum Gasteiger partial charge on any atom is -0.480 e. The number of hydrogen-bond acceptors (Lipinski definition) is 3. The molecule has 2 atom stereocenters. The Morgan fingerprint density at radius 2 is 1.89 bits per heavy atom. The Labute approximate surface area is 115 Å². The Morgan fingerprint density at radius 1 is 1.32 bits per heavy atom. The first kappa shape index (κ1) is 15.5. The Hall–Kier alpha value is -1.56. The van der Waals surface area contributed by atoms with E-state index in [4.69, 9.17) is 5.11 Å². The van der Waals surface area contributed by atoms with E-state index in [-0.39, 0.29) is 23.5 Å². The van der Waals surface area contributed by atoms with E-state index >= 15 is 0 Å². The summed E-state index contributed by atoms with van der Waals surface area (Å²) < 4.78 is 12.8. The number of halogens is 1. The highest BCUT2D eigenvalue weighted by Gasteiger charge is 2.15. The van der Waals surface area contributed by atoms with Crippen LogP contribution in [0.2, 0.25) is 0 Å². The lowest BCUT2D eigenvalue weighted by molar-refractivity contribution is -0.136. The van der Waals surface area contributed by atoms with Gasteiger partial charge in [-0.2, -0.15) is 0 Å². The fourth-order valence-corrected chi connectivity index (χ4v) is 2.02. The van der Waals surface area contributed by atoms with Gasteiger partial charge in [-0.1, -0.05) is 12.1 Å². The van der Waals surface area contributed by atoms with Crippen molar-refractivity contribution in [1.82, 2.24) is 5.32 Å². The maximum atomic E-state index is 12.8. The molecule has 1 aromatic rings. The zero-order valence-corrected chi connectivity index (χ0v) is 11.5. The predicted molar refractivity (Wildman–Crippen MR) is 72.5 cm³/mol. The molecular weight excluding hydrogens is 269 g/mol. The summed E-state index contributed by atoms with van der Waals surface area (Å²) in [4.78, 5) is 22.2. The zero-order chi connectivity index (χ0) is 14.4. The first-order valence-corrected chi connectivity index (χ1v) is 6.84. The highest BCUT2D eigenvalue weighted by molar-refractivity contribution is 8.01. The fraction of sp³-hybridized carbons (Fsp3) is 0.385. The molecule has 1 aromatic carbocycles. The van der Waals surface area contributed by atoms with Crippen LogP contribution >= 0.6 is 11.8 Å². The summed E-state index contributed by atoms with van der Waals surface area (Å²) in [6.07, 6.45) is 0. The molecule has 0 saturated carbocycles. The van der Waals surface area contributed by atoms with Crippen LogP contribution in [-0.2, 0) is 9.59 Å². The standard InChI is InChI=1S/C13H16FNO3S/c1-8(10-3-5-11(14)6-4-10)15-12(16)7-19-9(2)13(17)18/h3-6,8-9H,7H2,1-2H3,(H,15,16)(H,17,18). The van der Waals surface area contributed by atoms with E-state index in [0.717, 1.165) is 17.3 Å². The van der Waals surface area contributed by atoms with Gasteiger partial charge in [-0.15, -0.1) is 11.8 Å². The van der Waals surface area contributed by atoms with Crippen molar-refractivity contribution in [2.24, 2.45) is 0 Å². The number of carboxylic acids is 1. The molecule has 0 fully saturated rings. The normalized spacial score (nSPS) is 13.6. The van der Waals surface area contributed by atoms with Gasteiger partial charge < -0.3 is 10.4 Å². The van der Waals surface area contributed by atoms with E-state index in [1.165, 1.54) is 19.1 Å². The number of nitrogens with one attached hydrogen (secondary N) is 1. The van der Waals surface area contributed by atoms with Crippen LogP contribution in [0.4, 0.5) is 4.39 Å². The molecule has 0 bridgehead atoms. The van der Waals surface area contributed by atoms with E-state index < -0.39 is 11.2 Å². The maximum absolute atomic E-state index is 12.8. The number of carbonyl (C=O) groups is 2. The second kappa shape index (κ2) is 7.13. The van der Waals surface area contributed by atoms with Crippen LogP contribution in [0, 0.1) is 5.82 Å². The minimum absolute atomic E-state index is 0.0823. The molecule has 4 nitrogen and oxygen atoms in total. The lowest BCUT2D eigenvalue weighted by atomic mass is 10.1. The highest BCUT2D eigenvalue weighted by atomic mass is 32.2. The van der Waals surface area contributed by atoms with Gasteiger partial charge in [0.1, 0.15) is 5.82 Å². The number of rotatable bonds is 6. The molecule has 1 amide bonds. The molecule has 0 aliphatic carbocycles. The second-order valence-corrected chi connectivity index (χ2v) is 5.46. The number of aliphatic carboxylic acids is 1. The van der Waals surface area contributed by atoms with Gasteiger partial charge in [0.05, 0.1) is 17.0 Å². The summed E-state index contributed by atoms with van der Waals surface area (Å²) in [6, 6.07) is 5.63. The van der Waals surface area contributed by atoms with E-state index in [2.05, 4.69) is 5.32 Å². The van der Waals surface area contributed by atoms with Crippen molar-refractivity contribution in [2.75, 3.05) is 5.75 Å². The number of carboxylic acid groups (broad SMARTS) is 1. The van der Waals surface area contributed by atoms with Crippen LogP contribution in [0.25, 0.3) is 0 Å². The van der Waals surface area contributed by atoms with Crippen molar-refractivity contribution in [1.29, 1.82) is 0 Å². The average molecular weight is 285 g/mol. The fourth-order valence-electron chi connectivity index (χ4n) is 1.39. The quantitative estimate of drug-likeness (QED) is 0.841. The first-order chi connectivity index (χ1) is 8.90. The van der Waals surface area contributed by atoms with Crippen molar-refractivity contribution in [2.45, 2.75) is 25.1 Å². The minimum atomic E-state index is -0.940. The number of hydrogen-bond donors (Lipinski definition) is 2. The van der Waals surface area contributed by atoms with E-state index in [9.17, 15) is 14.0 Å². The Morgan fingerprint density at radius 3 is 2.42 bits per heavy atom. The van der Waals surface area contributed by atoms with Crippen LogP contribution in [-0.4, -0.2) is 28.0 Å². The third kappa shape index (κ3) is 5.30. The SMILES string of the molecule is CC(SCC(=O)NC(C)c1ccc(F)cc1)C(=O)O. The van der Waals surface area contributed by atoms with E-state index in [1.807, 2.05) is 0 Å². The van der Waals surface area contributed by atoms with E-state index in [1.54, 1.807) is 19.1 Å². The van der Waals surface area contributed by atoms with Gasteiger partial charge in [-0.3, -0.25) is 9.59 Å². The van der Waals surface area contributed by atoms with Crippen molar-refractivity contribution in [3.63, 3.8) is 0 Å². The summed E-state index contributed by atoms with van der Waals surface area (Å²) in [5.41, 5.74) is 0.797. The molecule has 0 spiro atoms. The summed E-state index contributed by atoms with van der Waals surface area (Å²) in [7, 11) is 0. The third-order valence-electron chi connectivity index (χ3n) is 2.56. The van der Waals surface area contributed by atoms with Gasteiger partial charge in [0.25, 0.3) is 0 Å². The van der Waals surface area contributed by atoms with Gasteiger partial charge in [0.2, 0.25) is 5.91 Å². The molecule has 0 aliphatic rings. The molecule has 104 valence electrons. The summed E-state index contributed by atoms with van der Waals surface area (Å²) in [5, 5.41) is 10.8. The third-order valence-corrected chi connectivity index (χ3v) is 3.69. The zero-order valence-electron chi connectivity index (χ0n) is 10.7. The number of thioether (sulfide) groups is 1. The van der Waals surface area contributed by atoms with Gasteiger partial charge in [-0.25, -0.2) is 4.39 Å². The van der Waals surface area contributed by atoms with Crippen LogP contribution in [0.3, 0.4) is 0 Å². The molecule has 2 unspecified atom stereocenters. The average Bonchev–Trinajstić information content (AvgIpc) is 2.36. The Bertz CT molecular complexity index is 450. The number of amides is 1. The summed E-state index contributed by atoms with van der Waals surface area (Å²) >= 11 is 1.06. The Kier molecular flexibility index (Phi) is 5.82. The first-order valence-electron chi connectivity index (χ1n) is 5.79. The van der Waals surface area contributed by atoms with Crippen LogP contribution in [0.1, 0.15) is 25.5 Å². The number of carbonyl (C=O) groups excluding carboxylic acids is 1. The topological polar surface area (TPSA) is 66.4 Å². The molecule has 0 radical (unpaired) electrons. The summed E-state index contributed by atoms with van der Waals surface area (Å²) in [6.45, 7) is 3.32. The van der Waals surface area contributed by atoms with Crippen LogP contribution in [0.15, 0.2) is 24.3 Å². The smallest absolute Gasteiger partial charge is 0.316 e. The highest BCUT2D eigenvalue weighted by Crippen LogP contribution is 2.14. The predicted octanol–water partition coefficient (Wildman–Crippen LogP) is 2.21. The molecule has 19 heavy (non-hydrogen) atoms. The van der Waals surface area contributed by atoms with Crippen molar-refractivity contribution in [3.05, 3.63) is 35.6 Å². The van der Waals surface area contributed by atoms with Gasteiger partial charge in [0.15, 0.2) is 0 Å². The molecule has 0 aromatic heterocycles. The van der Waals surface area contributed by atoms with Crippen LogP contribution in [0.5, 0.6) is 0 Å². The van der Waals surface area contributed by atoms with Gasteiger partial charge in [0, 0.05) is 0 Å². The summed E-state index contributed by atoms with van der Waals surface area (Å²) in [5.74, 6) is -1.42. The van der Waals surface area contributed by atoms with Gasteiger partial charge in [-0.05, 0) is 31.5 Å². The molecule has 0 aliphatic heterocycles. The van der Waals surface area contributed by atoms with E-state index in [0.29, 0.717) is 0 Å². The lowest BCUT2D eigenvalue weighted by Crippen LogP contribution is -2.29. The monoisotopic (exact) mass is 285 g/mol. The van der Waals surface area contributed by atoms with Crippen molar-refractivity contribution in [3.8, 4) is 0 Å². The largest absolute Gasteiger partial charge is 0.480 e.